The van der Waals surface area contributed by atoms with Crippen molar-refractivity contribution in [3.05, 3.63) is 42.6 Å². The van der Waals surface area contributed by atoms with E-state index in [1.165, 1.54) is 18.5 Å². The molecule has 3 aromatic rings. The Morgan fingerprint density at radius 1 is 1.17 bits per heavy atom. The maximum Gasteiger partial charge on any atom is 0.172 e. The van der Waals surface area contributed by atoms with E-state index in [0.29, 0.717) is 12.5 Å². The van der Waals surface area contributed by atoms with Gasteiger partial charge in [-0.05, 0) is 49.6 Å². The van der Waals surface area contributed by atoms with Gasteiger partial charge in [0, 0.05) is 19.6 Å². The average Bonchev–Trinajstić information content (AvgIpc) is 3.29. The number of anilines is 1. The molecule has 0 spiro atoms. The highest BCUT2D eigenvalue weighted by Crippen LogP contribution is 2.38. The molecule has 5 rings (SSSR count). The molecule has 2 aliphatic rings. The highest BCUT2D eigenvalue weighted by molar-refractivity contribution is 5.87. The number of fused-ring (bicyclic) bond motifs is 3. The Labute approximate surface area is 176 Å². The zero-order valence-electron chi connectivity index (χ0n) is 17.3. The molecule has 0 bridgehead atoms. The molecule has 2 N–H and O–H groups in total. The van der Waals surface area contributed by atoms with Crippen LogP contribution in [0.15, 0.2) is 42.6 Å². The van der Waals surface area contributed by atoms with Crippen LogP contribution in [0, 0.1) is 5.92 Å². The fraction of sp³-hybridized carbons (Fsp3) is 0.435. The number of aromatic nitrogens is 2. The van der Waals surface area contributed by atoms with Gasteiger partial charge < -0.3 is 24.4 Å². The molecule has 1 saturated heterocycles. The summed E-state index contributed by atoms with van der Waals surface area (Å²) in [7, 11) is 1.74. The van der Waals surface area contributed by atoms with Crippen molar-refractivity contribution < 1.29 is 14.2 Å². The molecule has 1 atom stereocenters. The van der Waals surface area contributed by atoms with Gasteiger partial charge >= 0.3 is 0 Å². The molecule has 30 heavy (non-hydrogen) atoms. The number of hydrogen-bond acceptors (Lipinski definition) is 6. The molecule has 0 radical (unpaired) electrons. The van der Waals surface area contributed by atoms with Crippen molar-refractivity contribution in [2.45, 2.75) is 18.9 Å². The van der Waals surface area contributed by atoms with Gasteiger partial charge in [-0.1, -0.05) is 12.1 Å². The number of nitrogens with one attached hydrogen (secondary N) is 2. The Morgan fingerprint density at radius 3 is 2.90 bits per heavy atom. The largest absolute Gasteiger partial charge is 0.495 e. The minimum atomic E-state index is 0.00617. The van der Waals surface area contributed by atoms with E-state index < -0.39 is 0 Å². The van der Waals surface area contributed by atoms with E-state index in [4.69, 9.17) is 14.2 Å². The average molecular weight is 409 g/mol. The summed E-state index contributed by atoms with van der Waals surface area (Å²) < 4.78 is 17.7. The summed E-state index contributed by atoms with van der Waals surface area (Å²) in [6, 6.07) is 12.2. The van der Waals surface area contributed by atoms with Crippen molar-refractivity contribution in [3.63, 3.8) is 0 Å². The molecule has 0 aliphatic carbocycles. The van der Waals surface area contributed by atoms with Gasteiger partial charge in [-0.3, -0.25) is 5.10 Å². The molecule has 0 saturated carbocycles. The van der Waals surface area contributed by atoms with Crippen molar-refractivity contribution in [1.82, 2.24) is 15.5 Å². The van der Waals surface area contributed by atoms with E-state index in [1.807, 2.05) is 24.3 Å². The van der Waals surface area contributed by atoms with E-state index in [-0.39, 0.29) is 6.10 Å². The number of aromatic amines is 1. The molecule has 0 amide bonds. The van der Waals surface area contributed by atoms with Crippen LogP contribution in [0.25, 0.3) is 10.9 Å². The van der Waals surface area contributed by atoms with Crippen LogP contribution >= 0.6 is 0 Å². The molecule has 3 heterocycles. The molecule has 2 aromatic carbocycles. The van der Waals surface area contributed by atoms with E-state index >= 15 is 0 Å². The zero-order valence-corrected chi connectivity index (χ0v) is 17.3. The number of H-pyrrole nitrogens is 1. The second-order valence-corrected chi connectivity index (χ2v) is 8.04. The van der Waals surface area contributed by atoms with Gasteiger partial charge in [-0.15, -0.1) is 0 Å². The molecular formula is C23H28N4O3. The lowest BCUT2D eigenvalue weighted by atomic mass is 9.96. The second-order valence-electron chi connectivity index (χ2n) is 8.04. The summed E-state index contributed by atoms with van der Waals surface area (Å²) in [5, 5.41) is 11.7. The third-order valence-corrected chi connectivity index (χ3v) is 6.09. The predicted molar refractivity (Wildman–Crippen MR) is 117 cm³/mol. The molecule has 2 aliphatic heterocycles. The lowest BCUT2D eigenvalue weighted by molar-refractivity contribution is 0.0914. The highest BCUT2D eigenvalue weighted by atomic mass is 16.6. The van der Waals surface area contributed by atoms with Crippen LogP contribution in [0.5, 0.6) is 17.2 Å². The minimum absolute atomic E-state index is 0.00617. The van der Waals surface area contributed by atoms with Crippen LogP contribution in [0.4, 0.5) is 5.69 Å². The summed E-state index contributed by atoms with van der Waals surface area (Å²) in [6.45, 7) is 4.46. The normalized spacial score (nSPS) is 19.2. The summed E-state index contributed by atoms with van der Waals surface area (Å²) >= 11 is 0. The maximum absolute atomic E-state index is 6.22. The first-order valence-corrected chi connectivity index (χ1v) is 10.7. The van der Waals surface area contributed by atoms with Crippen LogP contribution in [0.3, 0.4) is 0 Å². The van der Waals surface area contributed by atoms with Crippen LogP contribution in [0.2, 0.25) is 0 Å². The first-order chi connectivity index (χ1) is 14.8. The first kappa shape index (κ1) is 19.1. The molecule has 0 unspecified atom stereocenters. The molecule has 7 heteroatoms. The number of para-hydroxylation sites is 2. The monoisotopic (exact) mass is 408 g/mol. The maximum atomic E-state index is 6.22. The number of rotatable bonds is 6. The molecule has 1 fully saturated rings. The summed E-state index contributed by atoms with van der Waals surface area (Å²) in [5.41, 5.74) is 2.16. The Balaban J connectivity index is 1.10. The van der Waals surface area contributed by atoms with Crippen molar-refractivity contribution >= 4 is 16.6 Å². The smallest absolute Gasteiger partial charge is 0.172 e. The van der Waals surface area contributed by atoms with E-state index in [2.05, 4.69) is 32.5 Å². The van der Waals surface area contributed by atoms with Crippen molar-refractivity contribution in [2.24, 2.45) is 5.92 Å². The van der Waals surface area contributed by atoms with Crippen molar-refractivity contribution in [2.75, 3.05) is 44.8 Å². The van der Waals surface area contributed by atoms with Gasteiger partial charge in [0.05, 0.1) is 29.9 Å². The minimum Gasteiger partial charge on any atom is -0.495 e. The van der Waals surface area contributed by atoms with Gasteiger partial charge in [0.25, 0.3) is 0 Å². The summed E-state index contributed by atoms with van der Waals surface area (Å²) in [4.78, 5) is 2.43. The molecule has 7 nitrogen and oxygen atoms in total. The van der Waals surface area contributed by atoms with Crippen LogP contribution in [-0.4, -0.2) is 56.2 Å². The van der Waals surface area contributed by atoms with Crippen molar-refractivity contribution in [3.8, 4) is 17.2 Å². The predicted octanol–water partition coefficient (Wildman–Crippen LogP) is 3.22. The first-order valence-electron chi connectivity index (χ1n) is 10.7. The number of ether oxygens (including phenoxy) is 3. The van der Waals surface area contributed by atoms with Crippen LogP contribution in [0.1, 0.15) is 12.8 Å². The number of benzene rings is 2. The fourth-order valence-electron chi connectivity index (χ4n) is 4.41. The van der Waals surface area contributed by atoms with Gasteiger partial charge in [0.15, 0.2) is 11.5 Å². The lowest BCUT2D eigenvalue weighted by Crippen LogP contribution is -2.42. The Hall–Kier alpha value is -2.93. The Morgan fingerprint density at radius 2 is 2.03 bits per heavy atom. The number of hydrogen-bond donors (Lipinski definition) is 2. The van der Waals surface area contributed by atoms with E-state index in [0.717, 1.165) is 54.3 Å². The fourth-order valence-corrected chi connectivity index (χ4v) is 4.41. The Bertz CT molecular complexity index is 997. The van der Waals surface area contributed by atoms with Crippen LogP contribution < -0.4 is 24.4 Å². The van der Waals surface area contributed by atoms with E-state index in [1.54, 1.807) is 13.3 Å². The highest BCUT2D eigenvalue weighted by Gasteiger charge is 2.25. The zero-order chi connectivity index (χ0) is 20.3. The van der Waals surface area contributed by atoms with E-state index in [9.17, 15) is 0 Å². The van der Waals surface area contributed by atoms with Crippen LogP contribution in [-0.2, 0) is 0 Å². The summed E-state index contributed by atoms with van der Waals surface area (Å²) in [5.74, 6) is 3.22. The third-order valence-electron chi connectivity index (χ3n) is 6.09. The van der Waals surface area contributed by atoms with Gasteiger partial charge in [-0.25, -0.2) is 0 Å². The third kappa shape index (κ3) is 3.77. The molecule has 158 valence electrons. The van der Waals surface area contributed by atoms with Gasteiger partial charge in [0.1, 0.15) is 18.5 Å². The second kappa shape index (κ2) is 8.44. The number of piperidine rings is 1. The lowest BCUT2D eigenvalue weighted by Gasteiger charge is -2.34. The standard InChI is InChI=1S/C23H28N4O3/c1-28-21-5-3-2-4-20(21)27-10-8-16(9-11-27)12-24-13-17-15-29-22-7-6-19-18(14-25-26-19)23(22)30-17/h2-7,14,16-17,24H,8-13,15H2,1H3,(H,25,26)/t17-/m0/s1. The molecule has 1 aromatic heterocycles. The van der Waals surface area contributed by atoms with Crippen molar-refractivity contribution in [1.29, 1.82) is 0 Å². The topological polar surface area (TPSA) is 71.6 Å². The van der Waals surface area contributed by atoms with Gasteiger partial charge in [-0.2, -0.15) is 5.10 Å². The Kier molecular flexibility index (Phi) is 5.36. The molecular weight excluding hydrogens is 380 g/mol. The quantitative estimate of drug-likeness (QED) is 0.653. The van der Waals surface area contributed by atoms with Gasteiger partial charge in [0.2, 0.25) is 0 Å². The SMILES string of the molecule is COc1ccccc1N1CCC(CNC[C@H]2COc3ccc4[nH]ncc4c3O2)CC1. The number of nitrogens with zero attached hydrogens (tertiary/aromatic N) is 2. The number of methoxy groups -OCH3 is 1. The summed E-state index contributed by atoms with van der Waals surface area (Å²) in [6.07, 6.45) is 4.15.